The summed E-state index contributed by atoms with van der Waals surface area (Å²) in [6.07, 6.45) is 8.05. The van der Waals surface area contributed by atoms with Crippen molar-refractivity contribution in [3.8, 4) is 0 Å². The summed E-state index contributed by atoms with van der Waals surface area (Å²) >= 11 is 3.80. The molecule has 1 nitrogen and oxygen atoms in total. The SMILES string of the molecule is C=C/C(=C\C=C/C)c1ccc(SN2CCS[C@H]2C(=C)C)cc1. The molecule has 1 aliphatic rings. The molecule has 1 heterocycles. The van der Waals surface area contributed by atoms with Gasteiger partial charge in [-0.15, -0.1) is 11.8 Å². The average Bonchev–Trinajstić information content (AvgIpc) is 2.98. The van der Waals surface area contributed by atoms with Crippen LogP contribution in [0.15, 0.2) is 72.2 Å². The second-order valence-corrected chi connectivity index (χ2v) is 7.49. The summed E-state index contributed by atoms with van der Waals surface area (Å²) in [7, 11) is 0. The maximum atomic E-state index is 4.11. The van der Waals surface area contributed by atoms with Gasteiger partial charge in [-0.1, -0.05) is 55.2 Å². The molecule has 22 heavy (non-hydrogen) atoms. The van der Waals surface area contributed by atoms with E-state index >= 15 is 0 Å². The molecule has 0 N–H and O–H groups in total. The Morgan fingerprint density at radius 2 is 2.09 bits per heavy atom. The maximum Gasteiger partial charge on any atom is 0.0867 e. The molecular weight excluding hydrogens is 306 g/mol. The lowest BCUT2D eigenvalue weighted by Crippen LogP contribution is -2.21. The molecule has 0 aromatic heterocycles. The fraction of sp³-hybridized carbons (Fsp3) is 0.263. The highest BCUT2D eigenvalue weighted by atomic mass is 32.2. The van der Waals surface area contributed by atoms with Gasteiger partial charge in [0.2, 0.25) is 0 Å². The summed E-state index contributed by atoms with van der Waals surface area (Å²) < 4.78 is 2.42. The molecule has 0 saturated carbocycles. The van der Waals surface area contributed by atoms with Crippen molar-refractivity contribution in [1.82, 2.24) is 4.31 Å². The number of hydrogen-bond donors (Lipinski definition) is 0. The van der Waals surface area contributed by atoms with Crippen LogP contribution in [0.1, 0.15) is 19.4 Å². The summed E-state index contributed by atoms with van der Waals surface area (Å²) in [6.45, 7) is 13.2. The van der Waals surface area contributed by atoms with E-state index in [0.717, 1.165) is 12.1 Å². The summed E-state index contributed by atoms with van der Waals surface area (Å²) in [5.41, 5.74) is 3.57. The second kappa shape index (κ2) is 8.47. The largest absolute Gasteiger partial charge is 0.229 e. The Kier molecular flexibility index (Phi) is 6.62. The van der Waals surface area contributed by atoms with Crippen molar-refractivity contribution < 1.29 is 0 Å². The van der Waals surface area contributed by atoms with E-state index in [2.05, 4.69) is 54.7 Å². The van der Waals surface area contributed by atoms with Gasteiger partial charge in [0, 0.05) is 17.2 Å². The Labute approximate surface area is 143 Å². The van der Waals surface area contributed by atoms with Crippen LogP contribution in [0, 0.1) is 0 Å². The van der Waals surface area contributed by atoms with Crippen molar-refractivity contribution in [3.05, 3.63) is 72.9 Å². The Balaban J connectivity index is 2.09. The Bertz CT molecular complexity index is 584. The van der Waals surface area contributed by atoms with Crippen molar-refractivity contribution in [3.63, 3.8) is 0 Å². The van der Waals surface area contributed by atoms with Crippen LogP contribution >= 0.6 is 23.7 Å². The van der Waals surface area contributed by atoms with Gasteiger partial charge in [-0.25, -0.2) is 4.31 Å². The highest BCUT2D eigenvalue weighted by Crippen LogP contribution is 2.37. The van der Waals surface area contributed by atoms with Crippen LogP contribution in [0.2, 0.25) is 0 Å². The molecule has 0 amide bonds. The van der Waals surface area contributed by atoms with Crippen LogP contribution < -0.4 is 0 Å². The van der Waals surface area contributed by atoms with Crippen molar-refractivity contribution >= 4 is 29.3 Å². The zero-order chi connectivity index (χ0) is 15.9. The fourth-order valence-electron chi connectivity index (χ4n) is 2.26. The third-order valence-electron chi connectivity index (χ3n) is 3.37. The van der Waals surface area contributed by atoms with Gasteiger partial charge in [0.1, 0.15) is 0 Å². The minimum Gasteiger partial charge on any atom is -0.229 e. The van der Waals surface area contributed by atoms with Gasteiger partial charge < -0.3 is 0 Å². The zero-order valence-electron chi connectivity index (χ0n) is 13.3. The standard InChI is InChI=1S/C19H23NS2/c1-5-7-8-16(6-2)17-9-11-18(12-10-17)22-20-13-14-21-19(20)15(3)4/h5-12,19H,2-3,13-14H2,1,4H3/b7-5-,16-8+/t19-/m0/s1. The first-order valence-electron chi connectivity index (χ1n) is 7.43. The number of allylic oxidation sites excluding steroid dienone is 5. The van der Waals surface area contributed by atoms with Crippen molar-refractivity contribution in [2.75, 3.05) is 12.3 Å². The lowest BCUT2D eigenvalue weighted by molar-refractivity contribution is 0.535. The van der Waals surface area contributed by atoms with Crippen LogP contribution in [0.25, 0.3) is 5.57 Å². The van der Waals surface area contributed by atoms with Crippen molar-refractivity contribution in [1.29, 1.82) is 0 Å². The van der Waals surface area contributed by atoms with Gasteiger partial charge >= 0.3 is 0 Å². The topological polar surface area (TPSA) is 3.24 Å². The van der Waals surface area contributed by atoms with E-state index in [-0.39, 0.29) is 0 Å². The van der Waals surface area contributed by atoms with E-state index in [4.69, 9.17) is 0 Å². The van der Waals surface area contributed by atoms with Crippen LogP contribution in [0.3, 0.4) is 0 Å². The molecule has 0 spiro atoms. The Morgan fingerprint density at radius 1 is 1.36 bits per heavy atom. The molecule has 0 unspecified atom stereocenters. The molecule has 3 heteroatoms. The van der Waals surface area contributed by atoms with Gasteiger partial charge in [-0.2, -0.15) is 0 Å². The summed E-state index contributed by atoms with van der Waals surface area (Å²) in [5.74, 6) is 1.18. The normalized spacial score (nSPS) is 19.7. The van der Waals surface area contributed by atoms with E-state index in [1.54, 1.807) is 0 Å². The summed E-state index contributed by atoms with van der Waals surface area (Å²) in [6, 6.07) is 8.70. The predicted octanol–water partition coefficient (Wildman–Crippen LogP) is 5.79. The average molecular weight is 330 g/mol. The van der Waals surface area contributed by atoms with Gasteiger partial charge in [0.25, 0.3) is 0 Å². The monoisotopic (exact) mass is 329 g/mol. The quantitative estimate of drug-likeness (QED) is 0.369. The van der Waals surface area contributed by atoms with E-state index < -0.39 is 0 Å². The first kappa shape index (κ1) is 17.2. The number of nitrogens with zero attached hydrogens (tertiary/aromatic N) is 1. The van der Waals surface area contributed by atoms with E-state index in [0.29, 0.717) is 5.37 Å². The third-order valence-corrected chi connectivity index (χ3v) is 6.00. The van der Waals surface area contributed by atoms with E-state index in [1.165, 1.54) is 21.8 Å². The number of benzene rings is 1. The molecular formula is C19H23NS2. The minimum absolute atomic E-state index is 0.433. The molecule has 116 valence electrons. The van der Waals surface area contributed by atoms with E-state index in [1.807, 2.05) is 48.9 Å². The van der Waals surface area contributed by atoms with Gasteiger partial charge in [-0.05, 0) is 49.1 Å². The maximum absolute atomic E-state index is 4.11. The summed E-state index contributed by atoms with van der Waals surface area (Å²) in [4.78, 5) is 1.27. The van der Waals surface area contributed by atoms with Crippen molar-refractivity contribution in [2.45, 2.75) is 24.1 Å². The molecule has 1 aliphatic heterocycles. The lowest BCUT2D eigenvalue weighted by atomic mass is 10.1. The predicted molar refractivity (Wildman–Crippen MR) is 103 cm³/mol. The fourth-order valence-corrected chi connectivity index (χ4v) is 4.76. The number of hydrogen-bond acceptors (Lipinski definition) is 3. The van der Waals surface area contributed by atoms with Crippen LogP contribution in [-0.2, 0) is 0 Å². The zero-order valence-corrected chi connectivity index (χ0v) is 14.9. The van der Waals surface area contributed by atoms with Gasteiger partial charge in [0.15, 0.2) is 0 Å². The molecule has 0 radical (unpaired) electrons. The van der Waals surface area contributed by atoms with Crippen molar-refractivity contribution in [2.24, 2.45) is 0 Å². The molecule has 0 aliphatic carbocycles. The molecule has 2 rings (SSSR count). The minimum atomic E-state index is 0.433. The van der Waals surface area contributed by atoms with Crippen LogP contribution in [0.5, 0.6) is 0 Å². The Morgan fingerprint density at radius 3 is 2.68 bits per heavy atom. The molecule has 1 aromatic carbocycles. The van der Waals surface area contributed by atoms with Gasteiger partial charge in [-0.3, -0.25) is 0 Å². The summed E-state index contributed by atoms with van der Waals surface area (Å²) in [5, 5.41) is 0.433. The number of thioether (sulfide) groups is 1. The molecule has 1 aromatic rings. The van der Waals surface area contributed by atoms with Crippen LogP contribution in [-0.4, -0.2) is 22.0 Å². The first-order chi connectivity index (χ1) is 10.7. The molecule has 1 atom stereocenters. The number of rotatable bonds is 6. The molecule has 1 saturated heterocycles. The van der Waals surface area contributed by atoms with Gasteiger partial charge in [0.05, 0.1) is 5.37 Å². The lowest BCUT2D eigenvalue weighted by Gasteiger charge is -2.22. The molecule has 0 bridgehead atoms. The smallest absolute Gasteiger partial charge is 0.0867 e. The first-order valence-corrected chi connectivity index (χ1v) is 9.25. The van der Waals surface area contributed by atoms with E-state index in [9.17, 15) is 0 Å². The highest BCUT2D eigenvalue weighted by molar-refractivity contribution is 8.02. The van der Waals surface area contributed by atoms with Crippen LogP contribution in [0.4, 0.5) is 0 Å². The highest BCUT2D eigenvalue weighted by Gasteiger charge is 2.26. The third kappa shape index (κ3) is 4.42. The second-order valence-electron chi connectivity index (χ2n) is 5.18. The molecule has 1 fully saturated rings. The Hall–Kier alpha value is -1.16.